The molecule has 190 valence electrons. The van der Waals surface area contributed by atoms with E-state index in [4.69, 9.17) is 4.74 Å². The second-order valence-electron chi connectivity index (χ2n) is 9.94. The van der Waals surface area contributed by atoms with Gasteiger partial charge in [0, 0.05) is 42.1 Å². The van der Waals surface area contributed by atoms with E-state index >= 15 is 0 Å². The summed E-state index contributed by atoms with van der Waals surface area (Å²) in [6, 6.07) is 10.7. The Bertz CT molecular complexity index is 1080. The van der Waals surface area contributed by atoms with Gasteiger partial charge in [0.1, 0.15) is 5.60 Å². The maximum atomic E-state index is 13.3. The van der Waals surface area contributed by atoms with E-state index in [0.29, 0.717) is 19.5 Å². The number of alkyl halides is 3. The second kappa shape index (κ2) is 10.2. The molecule has 1 aliphatic rings. The van der Waals surface area contributed by atoms with Crippen LogP contribution in [-0.4, -0.2) is 53.6 Å². The Morgan fingerprint density at radius 1 is 1.09 bits per heavy atom. The molecule has 1 heterocycles. The molecular formula is C26H30BrF3N2O3. The van der Waals surface area contributed by atoms with Crippen LogP contribution in [0.4, 0.5) is 18.0 Å². The average Bonchev–Trinajstić information content (AvgIpc) is 2.76. The number of halogens is 4. The lowest BCUT2D eigenvalue weighted by Gasteiger charge is -2.43. The number of nitrogens with zero attached hydrogens (tertiary/aromatic N) is 2. The lowest BCUT2D eigenvalue weighted by molar-refractivity contribution is -0.137. The molecule has 0 bridgehead atoms. The van der Waals surface area contributed by atoms with Crippen LogP contribution in [0.3, 0.4) is 0 Å². The SMILES string of the molecule is Cc1ccc([C@@H]2CN(C(=O)OC(C)(C)C)CC[C@H]2N(C)C(=O)c2cc(Br)cc(C(F)(F)F)c2)cc1. The number of benzene rings is 2. The topological polar surface area (TPSA) is 49.9 Å². The van der Waals surface area contributed by atoms with Crippen LogP contribution in [0.1, 0.15) is 60.2 Å². The molecule has 0 N–H and O–H groups in total. The summed E-state index contributed by atoms with van der Waals surface area (Å²) in [5.41, 5.74) is 0.434. The Labute approximate surface area is 212 Å². The Kier molecular flexibility index (Phi) is 7.89. The largest absolute Gasteiger partial charge is 0.444 e. The highest BCUT2D eigenvalue weighted by Gasteiger charge is 2.38. The van der Waals surface area contributed by atoms with Gasteiger partial charge in [0.15, 0.2) is 0 Å². The fourth-order valence-corrected chi connectivity index (χ4v) is 4.76. The third-order valence-corrected chi connectivity index (χ3v) is 6.48. The number of aryl methyl sites for hydroxylation is 1. The zero-order valence-corrected chi connectivity index (χ0v) is 22.0. The molecule has 0 aromatic heterocycles. The zero-order valence-electron chi connectivity index (χ0n) is 20.4. The van der Waals surface area contributed by atoms with Gasteiger partial charge >= 0.3 is 12.3 Å². The van der Waals surface area contributed by atoms with Gasteiger partial charge in [-0.3, -0.25) is 4.79 Å². The summed E-state index contributed by atoms with van der Waals surface area (Å²) in [5.74, 6) is -0.746. The van der Waals surface area contributed by atoms with Crippen LogP contribution in [0.15, 0.2) is 46.9 Å². The van der Waals surface area contributed by atoms with Gasteiger partial charge in [-0.05, 0) is 57.9 Å². The molecule has 0 saturated carbocycles. The molecule has 2 aromatic rings. The van der Waals surface area contributed by atoms with Crippen LogP contribution >= 0.6 is 15.9 Å². The van der Waals surface area contributed by atoms with Crippen molar-refractivity contribution in [2.75, 3.05) is 20.1 Å². The Morgan fingerprint density at radius 2 is 1.71 bits per heavy atom. The Balaban J connectivity index is 1.91. The number of likely N-dealkylation sites (tertiary alicyclic amines) is 1. The first-order chi connectivity index (χ1) is 16.2. The van der Waals surface area contributed by atoms with Gasteiger partial charge in [0.05, 0.1) is 5.56 Å². The predicted octanol–water partition coefficient (Wildman–Crippen LogP) is 6.64. The van der Waals surface area contributed by atoms with E-state index in [2.05, 4.69) is 15.9 Å². The minimum Gasteiger partial charge on any atom is -0.444 e. The predicted molar refractivity (Wildman–Crippen MR) is 131 cm³/mol. The van der Waals surface area contributed by atoms with Gasteiger partial charge < -0.3 is 14.5 Å². The van der Waals surface area contributed by atoms with Gasteiger partial charge in [0.25, 0.3) is 5.91 Å². The maximum Gasteiger partial charge on any atom is 0.416 e. The normalized spacial score (nSPS) is 18.8. The Hall–Kier alpha value is -2.55. The van der Waals surface area contributed by atoms with Crippen LogP contribution in [0.2, 0.25) is 0 Å². The van der Waals surface area contributed by atoms with Crippen molar-refractivity contribution in [3.05, 3.63) is 69.2 Å². The lowest BCUT2D eigenvalue weighted by Crippen LogP contribution is -2.52. The fourth-order valence-electron chi connectivity index (χ4n) is 4.27. The number of likely N-dealkylation sites (N-methyl/N-ethyl adjacent to an activating group) is 1. The molecule has 5 nitrogen and oxygen atoms in total. The molecule has 1 fully saturated rings. The molecule has 0 unspecified atom stereocenters. The first-order valence-electron chi connectivity index (χ1n) is 11.3. The third-order valence-electron chi connectivity index (χ3n) is 6.02. The summed E-state index contributed by atoms with van der Waals surface area (Å²) in [6.45, 7) is 8.06. The standard InChI is InChI=1S/C26H30BrF3N2O3/c1-16-6-8-17(9-7-16)21-15-32(24(34)35-25(2,3)4)11-10-22(21)31(5)23(33)18-12-19(26(28,29)30)14-20(27)13-18/h6-9,12-14,21-22H,10-11,15H2,1-5H3/t21-,22+/m0/s1. The van der Waals surface area contributed by atoms with E-state index in [-0.39, 0.29) is 22.0 Å². The third kappa shape index (κ3) is 6.78. The van der Waals surface area contributed by atoms with Crippen LogP contribution in [0.5, 0.6) is 0 Å². The van der Waals surface area contributed by atoms with Gasteiger partial charge in [-0.15, -0.1) is 0 Å². The highest BCUT2D eigenvalue weighted by molar-refractivity contribution is 9.10. The molecule has 2 amide bonds. The van der Waals surface area contributed by atoms with Gasteiger partial charge in [0.2, 0.25) is 0 Å². The minimum absolute atomic E-state index is 0.0496. The number of carbonyl (C=O) groups excluding carboxylic acids is 2. The van der Waals surface area contributed by atoms with Crippen molar-refractivity contribution >= 4 is 27.9 Å². The highest BCUT2D eigenvalue weighted by atomic mass is 79.9. The van der Waals surface area contributed by atoms with Crippen LogP contribution < -0.4 is 0 Å². The van der Waals surface area contributed by atoms with Crippen LogP contribution in [0.25, 0.3) is 0 Å². The summed E-state index contributed by atoms with van der Waals surface area (Å²) in [6.07, 6.45) is -4.54. The average molecular weight is 555 g/mol. The summed E-state index contributed by atoms with van der Waals surface area (Å²) < 4.78 is 45.7. The monoisotopic (exact) mass is 554 g/mol. The summed E-state index contributed by atoms with van der Waals surface area (Å²) in [7, 11) is 1.60. The van der Waals surface area contributed by atoms with Crippen molar-refractivity contribution in [3.8, 4) is 0 Å². The van der Waals surface area contributed by atoms with E-state index < -0.39 is 29.3 Å². The van der Waals surface area contributed by atoms with Crippen molar-refractivity contribution in [3.63, 3.8) is 0 Å². The number of ether oxygens (including phenoxy) is 1. The van der Waals surface area contributed by atoms with Crippen molar-refractivity contribution in [2.24, 2.45) is 0 Å². The van der Waals surface area contributed by atoms with E-state index in [1.54, 1.807) is 32.7 Å². The molecule has 2 aromatic carbocycles. The molecule has 2 atom stereocenters. The highest BCUT2D eigenvalue weighted by Crippen LogP contribution is 2.35. The van der Waals surface area contributed by atoms with E-state index in [1.807, 2.05) is 31.2 Å². The molecule has 9 heteroatoms. The number of carbonyl (C=O) groups is 2. The molecule has 1 aliphatic heterocycles. The van der Waals surface area contributed by atoms with Crippen LogP contribution in [-0.2, 0) is 10.9 Å². The van der Waals surface area contributed by atoms with Crippen molar-refractivity contribution < 1.29 is 27.5 Å². The number of hydrogen-bond donors (Lipinski definition) is 0. The van der Waals surface area contributed by atoms with E-state index in [0.717, 1.165) is 23.3 Å². The quantitative estimate of drug-likeness (QED) is 0.427. The zero-order chi connectivity index (χ0) is 26.1. The number of hydrogen-bond acceptors (Lipinski definition) is 3. The Morgan fingerprint density at radius 3 is 2.29 bits per heavy atom. The van der Waals surface area contributed by atoms with E-state index in [1.165, 1.54) is 11.0 Å². The minimum atomic E-state index is -4.57. The summed E-state index contributed by atoms with van der Waals surface area (Å²) >= 11 is 3.09. The molecule has 1 saturated heterocycles. The fraction of sp³-hybridized carbons (Fsp3) is 0.462. The van der Waals surface area contributed by atoms with Crippen LogP contribution in [0, 0.1) is 6.92 Å². The smallest absolute Gasteiger partial charge is 0.416 e. The van der Waals surface area contributed by atoms with Gasteiger partial charge in [-0.1, -0.05) is 45.8 Å². The van der Waals surface area contributed by atoms with Crippen molar-refractivity contribution in [2.45, 2.75) is 57.9 Å². The number of amides is 2. The summed E-state index contributed by atoms with van der Waals surface area (Å²) in [5, 5.41) is 0. The second-order valence-corrected chi connectivity index (χ2v) is 10.9. The summed E-state index contributed by atoms with van der Waals surface area (Å²) in [4.78, 5) is 29.2. The molecule has 0 spiro atoms. The van der Waals surface area contributed by atoms with Gasteiger partial charge in [-0.25, -0.2) is 4.79 Å². The maximum absolute atomic E-state index is 13.3. The first kappa shape index (κ1) is 27.0. The lowest BCUT2D eigenvalue weighted by atomic mass is 9.84. The molecule has 3 rings (SSSR count). The van der Waals surface area contributed by atoms with Crippen molar-refractivity contribution in [1.29, 1.82) is 0 Å². The van der Waals surface area contributed by atoms with Crippen molar-refractivity contribution in [1.82, 2.24) is 9.80 Å². The van der Waals surface area contributed by atoms with E-state index in [9.17, 15) is 22.8 Å². The number of piperidine rings is 1. The molecule has 0 radical (unpaired) electrons. The van der Waals surface area contributed by atoms with Gasteiger partial charge in [-0.2, -0.15) is 13.2 Å². The first-order valence-corrected chi connectivity index (χ1v) is 12.1. The molecule has 35 heavy (non-hydrogen) atoms. The molecule has 0 aliphatic carbocycles. The number of rotatable bonds is 3. The molecular weight excluding hydrogens is 525 g/mol.